The fraction of sp³-hybridized carbons (Fsp3) is 0.364. The van der Waals surface area contributed by atoms with E-state index in [1.807, 2.05) is 18.2 Å². The average Bonchev–Trinajstić information content (AvgIpc) is 2.15. The fourth-order valence-corrected chi connectivity index (χ4v) is 1.18. The number of carbonyl (C=O) groups is 1. The molecular formula is C11H13O2. The van der Waals surface area contributed by atoms with Crippen molar-refractivity contribution in [2.75, 3.05) is 0 Å². The van der Waals surface area contributed by atoms with Crippen LogP contribution < -0.4 is 0 Å². The lowest BCUT2D eigenvalue weighted by molar-refractivity contribution is -0.136. The molecule has 1 aromatic rings. The van der Waals surface area contributed by atoms with E-state index in [2.05, 4.69) is 13.0 Å². The third-order valence-corrected chi connectivity index (χ3v) is 1.94. The second-order valence-electron chi connectivity index (χ2n) is 3.00. The molecule has 0 fully saturated rings. The van der Waals surface area contributed by atoms with Crippen molar-refractivity contribution < 1.29 is 9.90 Å². The molecule has 1 radical (unpaired) electrons. The summed E-state index contributed by atoms with van der Waals surface area (Å²) in [6.07, 6.45) is 1.76. The lowest BCUT2D eigenvalue weighted by Gasteiger charge is -2.00. The molecule has 0 aliphatic heterocycles. The first kappa shape index (κ1) is 9.78. The second-order valence-corrected chi connectivity index (χ2v) is 3.00. The molecule has 0 bridgehead atoms. The number of hydrogen-bond acceptors (Lipinski definition) is 1. The van der Waals surface area contributed by atoms with Crippen LogP contribution >= 0.6 is 0 Å². The summed E-state index contributed by atoms with van der Waals surface area (Å²) in [5.41, 5.74) is 2.27. The predicted octanol–water partition coefficient (Wildman–Crippen LogP) is 2.07. The number of carboxylic acids is 1. The van der Waals surface area contributed by atoms with Crippen molar-refractivity contribution in [2.45, 2.75) is 26.2 Å². The van der Waals surface area contributed by atoms with Crippen LogP contribution in [0.1, 0.15) is 24.5 Å². The maximum Gasteiger partial charge on any atom is 0.303 e. The van der Waals surface area contributed by atoms with Gasteiger partial charge in [0.05, 0.1) is 0 Å². The maximum absolute atomic E-state index is 10.3. The van der Waals surface area contributed by atoms with Gasteiger partial charge in [-0.2, -0.15) is 0 Å². The molecule has 2 nitrogen and oxygen atoms in total. The Bertz CT molecular complexity index is 292. The number of rotatable bonds is 4. The molecule has 1 aromatic carbocycles. The monoisotopic (exact) mass is 177 g/mol. The molecule has 0 aliphatic carbocycles. The molecule has 69 valence electrons. The van der Waals surface area contributed by atoms with E-state index in [4.69, 9.17) is 5.11 Å². The molecule has 0 atom stereocenters. The highest BCUT2D eigenvalue weighted by atomic mass is 16.4. The smallest absolute Gasteiger partial charge is 0.303 e. The standard InChI is InChI=1S/C11H13O2/c1-2-9-4-3-5-10(8-9)6-7-11(12)13/h4-5,8H,2,6-7H2,1H3,(H,12,13). The fourth-order valence-electron chi connectivity index (χ4n) is 1.18. The van der Waals surface area contributed by atoms with Gasteiger partial charge in [0.15, 0.2) is 0 Å². The molecule has 13 heavy (non-hydrogen) atoms. The Balaban J connectivity index is 2.61. The molecule has 0 heterocycles. The second kappa shape index (κ2) is 4.65. The minimum atomic E-state index is -0.748. The van der Waals surface area contributed by atoms with Gasteiger partial charge >= 0.3 is 5.97 Å². The molecule has 1 N–H and O–H groups in total. The lowest BCUT2D eigenvalue weighted by atomic mass is 10.1. The Kier molecular flexibility index (Phi) is 3.50. The zero-order valence-corrected chi connectivity index (χ0v) is 7.71. The van der Waals surface area contributed by atoms with Gasteiger partial charge in [0.1, 0.15) is 0 Å². The van der Waals surface area contributed by atoms with Crippen LogP contribution in [0.15, 0.2) is 18.2 Å². The van der Waals surface area contributed by atoms with Gasteiger partial charge in [-0.25, -0.2) is 0 Å². The summed E-state index contributed by atoms with van der Waals surface area (Å²) < 4.78 is 0. The quantitative estimate of drug-likeness (QED) is 0.764. The largest absolute Gasteiger partial charge is 0.481 e. The average molecular weight is 177 g/mol. The van der Waals surface area contributed by atoms with E-state index >= 15 is 0 Å². The summed E-state index contributed by atoms with van der Waals surface area (Å²) in [5, 5.41) is 8.49. The number of benzene rings is 1. The van der Waals surface area contributed by atoms with E-state index in [9.17, 15) is 4.79 Å². The molecule has 1 rings (SSSR count). The van der Waals surface area contributed by atoms with Gasteiger partial charge in [-0.1, -0.05) is 25.1 Å². The maximum atomic E-state index is 10.3. The van der Waals surface area contributed by atoms with Crippen LogP contribution in [-0.2, 0) is 17.6 Å². The first-order chi connectivity index (χ1) is 6.22. The highest BCUT2D eigenvalue weighted by Crippen LogP contribution is 2.07. The lowest BCUT2D eigenvalue weighted by Crippen LogP contribution is -1.97. The van der Waals surface area contributed by atoms with E-state index < -0.39 is 5.97 Å². The van der Waals surface area contributed by atoms with Crippen molar-refractivity contribution in [3.8, 4) is 0 Å². The van der Waals surface area contributed by atoms with Crippen LogP contribution in [0.3, 0.4) is 0 Å². The Morgan fingerprint density at radius 1 is 1.46 bits per heavy atom. The minimum absolute atomic E-state index is 0.195. The van der Waals surface area contributed by atoms with Gasteiger partial charge in [-0.05, 0) is 30.0 Å². The van der Waals surface area contributed by atoms with Gasteiger partial charge in [0, 0.05) is 6.42 Å². The summed E-state index contributed by atoms with van der Waals surface area (Å²) in [6, 6.07) is 8.84. The Labute approximate surface area is 78.2 Å². The van der Waals surface area contributed by atoms with Crippen LogP contribution in [0.25, 0.3) is 0 Å². The number of aryl methyl sites for hydroxylation is 2. The van der Waals surface area contributed by atoms with Crippen LogP contribution in [0.4, 0.5) is 0 Å². The topological polar surface area (TPSA) is 37.3 Å². The minimum Gasteiger partial charge on any atom is -0.481 e. The number of carboxylic acid groups (broad SMARTS) is 1. The molecule has 0 aromatic heterocycles. The molecule has 2 heteroatoms. The summed E-state index contributed by atoms with van der Waals surface area (Å²) in [4.78, 5) is 10.3. The predicted molar refractivity (Wildman–Crippen MR) is 50.6 cm³/mol. The first-order valence-electron chi connectivity index (χ1n) is 4.43. The SMILES string of the molecule is CCc1c[c]cc(CCC(=O)O)c1. The van der Waals surface area contributed by atoms with Crippen LogP contribution in [-0.4, -0.2) is 11.1 Å². The third kappa shape index (κ3) is 3.28. The van der Waals surface area contributed by atoms with Crippen molar-refractivity contribution >= 4 is 5.97 Å². The summed E-state index contributed by atoms with van der Waals surface area (Å²) in [6.45, 7) is 2.07. The summed E-state index contributed by atoms with van der Waals surface area (Å²) >= 11 is 0. The molecule has 0 saturated carbocycles. The first-order valence-corrected chi connectivity index (χ1v) is 4.43. The van der Waals surface area contributed by atoms with Gasteiger partial charge in [-0.3, -0.25) is 4.79 Å². The van der Waals surface area contributed by atoms with Crippen molar-refractivity contribution in [3.05, 3.63) is 35.4 Å². The highest BCUT2D eigenvalue weighted by Gasteiger charge is 1.99. The highest BCUT2D eigenvalue weighted by molar-refractivity contribution is 5.67. The number of hydrogen-bond donors (Lipinski definition) is 1. The molecular weight excluding hydrogens is 164 g/mol. The van der Waals surface area contributed by atoms with Crippen molar-refractivity contribution in [1.29, 1.82) is 0 Å². The summed E-state index contributed by atoms with van der Waals surface area (Å²) in [5.74, 6) is -0.748. The van der Waals surface area contributed by atoms with Gasteiger partial charge in [-0.15, -0.1) is 0 Å². The molecule has 0 saturated heterocycles. The van der Waals surface area contributed by atoms with Crippen LogP contribution in [0, 0.1) is 6.07 Å². The van der Waals surface area contributed by atoms with Gasteiger partial charge in [0.2, 0.25) is 0 Å². The van der Waals surface area contributed by atoms with Crippen molar-refractivity contribution in [3.63, 3.8) is 0 Å². The Hall–Kier alpha value is -1.31. The number of aliphatic carboxylic acids is 1. The molecule has 0 unspecified atom stereocenters. The Morgan fingerprint density at radius 2 is 2.15 bits per heavy atom. The van der Waals surface area contributed by atoms with Crippen molar-refractivity contribution in [2.24, 2.45) is 0 Å². The summed E-state index contributed by atoms with van der Waals surface area (Å²) in [7, 11) is 0. The zero-order chi connectivity index (χ0) is 9.68. The molecule has 0 aliphatic rings. The Morgan fingerprint density at radius 3 is 2.77 bits per heavy atom. The van der Waals surface area contributed by atoms with Crippen LogP contribution in [0.2, 0.25) is 0 Å². The molecule has 0 spiro atoms. The van der Waals surface area contributed by atoms with Gasteiger partial charge < -0.3 is 5.11 Å². The van der Waals surface area contributed by atoms with Gasteiger partial charge in [0.25, 0.3) is 0 Å². The van der Waals surface area contributed by atoms with Crippen LogP contribution in [0.5, 0.6) is 0 Å². The van der Waals surface area contributed by atoms with E-state index in [0.29, 0.717) is 6.42 Å². The third-order valence-electron chi connectivity index (χ3n) is 1.94. The molecule has 0 amide bonds. The van der Waals surface area contributed by atoms with E-state index in [1.165, 1.54) is 5.56 Å². The van der Waals surface area contributed by atoms with E-state index in [0.717, 1.165) is 12.0 Å². The normalized spacial score (nSPS) is 9.92. The zero-order valence-electron chi connectivity index (χ0n) is 7.71. The van der Waals surface area contributed by atoms with E-state index in [-0.39, 0.29) is 6.42 Å². The van der Waals surface area contributed by atoms with Crippen molar-refractivity contribution in [1.82, 2.24) is 0 Å². The van der Waals surface area contributed by atoms with E-state index in [1.54, 1.807) is 0 Å².